The van der Waals surface area contributed by atoms with E-state index in [1.807, 2.05) is 47.2 Å². The van der Waals surface area contributed by atoms with Crippen LogP contribution >= 0.6 is 11.6 Å². The standard InChI is InChI=1S/C21H17ClN2O4S/c1-29(27,28)24-21(26)18-10-9-17(22)13-19(18)23-20(25)11-7-14-6-8-15-4-2-3-5-16(15)12-14/h2-13H,1H3,(H,23,25)(H,24,26). The molecule has 0 bridgehead atoms. The molecule has 29 heavy (non-hydrogen) atoms. The first-order valence-electron chi connectivity index (χ1n) is 8.51. The highest BCUT2D eigenvalue weighted by atomic mass is 35.5. The second kappa shape index (κ2) is 8.46. The molecular weight excluding hydrogens is 412 g/mol. The third kappa shape index (κ3) is 5.66. The highest BCUT2D eigenvalue weighted by Crippen LogP contribution is 2.22. The van der Waals surface area contributed by atoms with Gasteiger partial charge in [0.15, 0.2) is 0 Å². The average Bonchev–Trinajstić information content (AvgIpc) is 2.65. The number of rotatable bonds is 5. The van der Waals surface area contributed by atoms with Crippen LogP contribution in [0.1, 0.15) is 15.9 Å². The van der Waals surface area contributed by atoms with E-state index in [9.17, 15) is 18.0 Å². The summed E-state index contributed by atoms with van der Waals surface area (Å²) in [6.45, 7) is 0. The van der Waals surface area contributed by atoms with Crippen molar-refractivity contribution >= 4 is 56.0 Å². The molecule has 3 aromatic carbocycles. The number of nitrogens with one attached hydrogen (secondary N) is 2. The molecule has 0 spiro atoms. The lowest BCUT2D eigenvalue weighted by Crippen LogP contribution is -2.30. The summed E-state index contributed by atoms with van der Waals surface area (Å²) in [5, 5.41) is 4.98. The van der Waals surface area contributed by atoms with Crippen molar-refractivity contribution in [3.05, 3.63) is 82.9 Å². The van der Waals surface area contributed by atoms with Crippen molar-refractivity contribution in [1.82, 2.24) is 4.72 Å². The van der Waals surface area contributed by atoms with Crippen molar-refractivity contribution in [2.45, 2.75) is 0 Å². The third-order valence-electron chi connectivity index (χ3n) is 3.96. The van der Waals surface area contributed by atoms with Crippen LogP contribution < -0.4 is 10.0 Å². The van der Waals surface area contributed by atoms with Crippen LogP contribution in [0.4, 0.5) is 5.69 Å². The van der Waals surface area contributed by atoms with E-state index in [-0.39, 0.29) is 16.3 Å². The number of halogens is 1. The first-order valence-corrected chi connectivity index (χ1v) is 10.8. The fourth-order valence-electron chi connectivity index (χ4n) is 2.70. The van der Waals surface area contributed by atoms with Gasteiger partial charge in [-0.15, -0.1) is 0 Å². The predicted molar refractivity (Wildman–Crippen MR) is 115 cm³/mol. The Labute approximate surface area is 173 Å². The molecule has 6 nitrogen and oxygen atoms in total. The van der Waals surface area contributed by atoms with Gasteiger partial charge in [-0.2, -0.15) is 0 Å². The average molecular weight is 429 g/mol. The summed E-state index contributed by atoms with van der Waals surface area (Å²) in [7, 11) is -3.75. The predicted octanol–water partition coefficient (Wildman–Crippen LogP) is 3.83. The number of hydrogen-bond donors (Lipinski definition) is 2. The summed E-state index contributed by atoms with van der Waals surface area (Å²) < 4.78 is 24.5. The molecule has 0 aliphatic carbocycles. The molecule has 0 aromatic heterocycles. The van der Waals surface area contributed by atoms with E-state index in [0.717, 1.165) is 22.6 Å². The van der Waals surface area contributed by atoms with E-state index in [1.54, 1.807) is 6.08 Å². The molecule has 2 N–H and O–H groups in total. The molecule has 2 amide bonds. The van der Waals surface area contributed by atoms with Gasteiger partial charge in [0.25, 0.3) is 5.91 Å². The van der Waals surface area contributed by atoms with E-state index >= 15 is 0 Å². The van der Waals surface area contributed by atoms with Crippen LogP contribution in [-0.4, -0.2) is 26.5 Å². The minimum atomic E-state index is -3.75. The maximum Gasteiger partial charge on any atom is 0.266 e. The van der Waals surface area contributed by atoms with Gasteiger partial charge in [0.1, 0.15) is 0 Å². The molecule has 3 rings (SSSR count). The van der Waals surface area contributed by atoms with E-state index in [0.29, 0.717) is 0 Å². The SMILES string of the molecule is CS(=O)(=O)NC(=O)c1ccc(Cl)cc1NC(=O)C=Cc1ccc2ccccc2c1. The number of fused-ring (bicyclic) bond motifs is 1. The van der Waals surface area contributed by atoms with E-state index < -0.39 is 21.8 Å². The molecule has 0 radical (unpaired) electrons. The minimum Gasteiger partial charge on any atom is -0.322 e. The number of amides is 2. The van der Waals surface area contributed by atoms with Crippen LogP contribution in [0.2, 0.25) is 5.02 Å². The smallest absolute Gasteiger partial charge is 0.266 e. The second-order valence-corrected chi connectivity index (χ2v) is 8.51. The van der Waals surface area contributed by atoms with E-state index in [2.05, 4.69) is 5.32 Å². The molecule has 0 saturated heterocycles. The molecule has 0 aliphatic heterocycles. The molecule has 0 heterocycles. The highest BCUT2D eigenvalue weighted by Gasteiger charge is 2.16. The van der Waals surface area contributed by atoms with E-state index in [4.69, 9.17) is 11.6 Å². The van der Waals surface area contributed by atoms with E-state index in [1.165, 1.54) is 24.3 Å². The molecule has 148 valence electrons. The Morgan fingerprint density at radius 1 is 0.966 bits per heavy atom. The van der Waals surface area contributed by atoms with Crippen molar-refractivity contribution in [3.63, 3.8) is 0 Å². The van der Waals surface area contributed by atoms with Crippen molar-refractivity contribution in [2.75, 3.05) is 11.6 Å². The van der Waals surface area contributed by atoms with Crippen LogP contribution in [0.25, 0.3) is 16.8 Å². The lowest BCUT2D eigenvalue weighted by atomic mass is 10.1. The first kappa shape index (κ1) is 20.6. The number of sulfonamides is 1. The highest BCUT2D eigenvalue weighted by molar-refractivity contribution is 7.89. The molecule has 8 heteroatoms. The second-order valence-electron chi connectivity index (χ2n) is 6.32. The topological polar surface area (TPSA) is 92.3 Å². The minimum absolute atomic E-state index is 0.0210. The molecule has 0 atom stereocenters. The van der Waals surface area contributed by atoms with Gasteiger partial charge in [-0.3, -0.25) is 9.59 Å². The largest absolute Gasteiger partial charge is 0.322 e. The zero-order valence-corrected chi connectivity index (χ0v) is 16.9. The van der Waals surface area contributed by atoms with Crippen molar-refractivity contribution in [3.8, 4) is 0 Å². The fraction of sp³-hybridized carbons (Fsp3) is 0.0476. The summed E-state index contributed by atoms with van der Waals surface area (Å²) in [6.07, 6.45) is 3.83. The number of benzene rings is 3. The zero-order valence-electron chi connectivity index (χ0n) is 15.3. The van der Waals surface area contributed by atoms with Gasteiger partial charge in [0.2, 0.25) is 15.9 Å². The van der Waals surface area contributed by atoms with Crippen LogP contribution in [0.15, 0.2) is 66.7 Å². The number of carbonyl (C=O) groups excluding carboxylic acids is 2. The molecule has 0 saturated carbocycles. The van der Waals surface area contributed by atoms with Crippen LogP contribution in [0.5, 0.6) is 0 Å². The summed E-state index contributed by atoms with van der Waals surface area (Å²) in [4.78, 5) is 24.5. The summed E-state index contributed by atoms with van der Waals surface area (Å²) in [6, 6.07) is 17.8. The first-order chi connectivity index (χ1) is 13.7. The Morgan fingerprint density at radius 3 is 2.41 bits per heavy atom. The van der Waals surface area contributed by atoms with Crippen molar-refractivity contribution < 1.29 is 18.0 Å². The normalized spacial score (nSPS) is 11.5. The molecule has 0 aliphatic rings. The summed E-state index contributed by atoms with van der Waals surface area (Å²) in [5.74, 6) is -1.35. The lowest BCUT2D eigenvalue weighted by Gasteiger charge is -2.10. The summed E-state index contributed by atoms with van der Waals surface area (Å²) >= 11 is 5.95. The maximum atomic E-state index is 12.3. The van der Waals surface area contributed by atoms with Crippen LogP contribution in [0.3, 0.4) is 0 Å². The number of carbonyl (C=O) groups is 2. The Bertz CT molecular complexity index is 1240. The quantitative estimate of drug-likeness (QED) is 0.604. The zero-order chi connectivity index (χ0) is 21.0. The Morgan fingerprint density at radius 2 is 1.69 bits per heavy atom. The molecule has 0 fully saturated rings. The van der Waals surface area contributed by atoms with Crippen molar-refractivity contribution in [1.29, 1.82) is 0 Å². The maximum absolute atomic E-state index is 12.3. The number of hydrogen-bond acceptors (Lipinski definition) is 4. The monoisotopic (exact) mass is 428 g/mol. The van der Waals surface area contributed by atoms with Crippen molar-refractivity contribution in [2.24, 2.45) is 0 Å². The Balaban J connectivity index is 1.79. The van der Waals surface area contributed by atoms with Crippen LogP contribution in [-0.2, 0) is 14.8 Å². The fourth-order valence-corrected chi connectivity index (χ4v) is 3.32. The summed E-state index contributed by atoms with van der Waals surface area (Å²) in [5.41, 5.74) is 0.916. The Kier molecular flexibility index (Phi) is 6.00. The Hall–Kier alpha value is -3.16. The van der Waals surface area contributed by atoms with Gasteiger partial charge in [-0.05, 0) is 46.7 Å². The molecular formula is C21H17ClN2O4S. The van der Waals surface area contributed by atoms with Gasteiger partial charge in [-0.25, -0.2) is 13.1 Å². The van der Waals surface area contributed by atoms with Gasteiger partial charge in [0.05, 0.1) is 17.5 Å². The van der Waals surface area contributed by atoms with Gasteiger partial charge in [0, 0.05) is 11.1 Å². The van der Waals surface area contributed by atoms with Gasteiger partial charge >= 0.3 is 0 Å². The van der Waals surface area contributed by atoms with Crippen LogP contribution in [0, 0.1) is 0 Å². The molecule has 3 aromatic rings. The number of anilines is 1. The van der Waals surface area contributed by atoms with Gasteiger partial charge in [-0.1, -0.05) is 48.0 Å². The molecule has 0 unspecified atom stereocenters. The third-order valence-corrected chi connectivity index (χ3v) is 4.75. The lowest BCUT2D eigenvalue weighted by molar-refractivity contribution is -0.111. The van der Waals surface area contributed by atoms with Gasteiger partial charge < -0.3 is 5.32 Å².